The zero-order chi connectivity index (χ0) is 24.7. The maximum Gasteiger partial charge on any atom is 0.328 e. The SMILES string of the molecule is COCC(=O)N(c1c(C)cccc1C)[C@H](C)C(=O)OC.c1ccc2[nH]c(-c3cscn3)nc2c1. The number of anilines is 1. The Balaban J connectivity index is 0.000000201. The van der Waals surface area contributed by atoms with E-state index in [9.17, 15) is 9.59 Å². The Morgan fingerprint density at radius 2 is 1.79 bits per heavy atom. The van der Waals surface area contributed by atoms with Crippen molar-refractivity contribution in [2.24, 2.45) is 0 Å². The summed E-state index contributed by atoms with van der Waals surface area (Å²) in [4.78, 5) is 37.4. The van der Waals surface area contributed by atoms with Crippen molar-refractivity contribution in [2.45, 2.75) is 26.8 Å². The number of rotatable bonds is 6. The Morgan fingerprint density at radius 1 is 1.09 bits per heavy atom. The average molecular weight is 481 g/mol. The first-order valence-electron chi connectivity index (χ1n) is 10.7. The lowest BCUT2D eigenvalue weighted by molar-refractivity contribution is -0.143. The van der Waals surface area contributed by atoms with Gasteiger partial charge in [0, 0.05) is 12.5 Å². The molecular weight excluding hydrogens is 452 g/mol. The van der Waals surface area contributed by atoms with Gasteiger partial charge in [0.2, 0.25) is 0 Å². The minimum absolute atomic E-state index is 0.0882. The van der Waals surface area contributed by atoms with Crippen LogP contribution in [0.4, 0.5) is 5.69 Å². The molecule has 4 aromatic rings. The van der Waals surface area contributed by atoms with E-state index in [2.05, 4.69) is 15.0 Å². The number of para-hydroxylation sites is 3. The number of fused-ring (bicyclic) bond motifs is 1. The highest BCUT2D eigenvalue weighted by atomic mass is 32.1. The van der Waals surface area contributed by atoms with E-state index >= 15 is 0 Å². The topological polar surface area (TPSA) is 97.4 Å². The lowest BCUT2D eigenvalue weighted by Crippen LogP contribution is -2.46. The van der Waals surface area contributed by atoms with Crippen LogP contribution >= 0.6 is 11.3 Å². The van der Waals surface area contributed by atoms with Gasteiger partial charge in [0.25, 0.3) is 5.91 Å². The minimum atomic E-state index is -0.706. The van der Waals surface area contributed by atoms with Crippen LogP contribution in [0.3, 0.4) is 0 Å². The third kappa shape index (κ3) is 5.67. The van der Waals surface area contributed by atoms with E-state index in [1.807, 2.05) is 67.2 Å². The fraction of sp³-hybridized carbons (Fsp3) is 0.280. The fourth-order valence-electron chi connectivity index (χ4n) is 3.59. The van der Waals surface area contributed by atoms with E-state index in [1.54, 1.807) is 18.3 Å². The number of amides is 1. The number of nitrogens with one attached hydrogen (secondary N) is 1. The quantitative estimate of drug-likeness (QED) is 0.407. The number of thiazole rings is 1. The van der Waals surface area contributed by atoms with Gasteiger partial charge in [-0.25, -0.2) is 14.8 Å². The first-order chi connectivity index (χ1) is 16.4. The molecule has 1 amide bonds. The molecular formula is C25H28N4O4S. The number of hydrogen-bond acceptors (Lipinski definition) is 7. The molecule has 0 unspecified atom stereocenters. The van der Waals surface area contributed by atoms with Gasteiger partial charge in [-0.1, -0.05) is 30.3 Å². The number of aromatic amines is 1. The van der Waals surface area contributed by atoms with E-state index < -0.39 is 12.0 Å². The second-order valence-corrected chi connectivity index (χ2v) is 8.33. The second-order valence-electron chi connectivity index (χ2n) is 7.61. The summed E-state index contributed by atoms with van der Waals surface area (Å²) in [5, 5.41) is 1.98. The van der Waals surface area contributed by atoms with Crippen molar-refractivity contribution < 1.29 is 19.1 Å². The third-order valence-electron chi connectivity index (χ3n) is 5.21. The average Bonchev–Trinajstić information content (AvgIpc) is 3.51. The molecule has 178 valence electrons. The van der Waals surface area contributed by atoms with Crippen LogP contribution < -0.4 is 4.90 Å². The van der Waals surface area contributed by atoms with Crippen LogP contribution in [0, 0.1) is 13.8 Å². The summed E-state index contributed by atoms with van der Waals surface area (Å²) in [7, 11) is 2.76. The highest BCUT2D eigenvalue weighted by Gasteiger charge is 2.29. The number of imidazole rings is 1. The standard InChI is InChI=1S/C15H21NO4.C10H7N3S/c1-10-7-6-8-11(2)14(10)16(13(17)9-19-4)12(3)15(18)20-5;1-2-4-8-7(3-1)12-10(13-8)9-5-14-6-11-9/h6-8,12H,9H2,1-5H3;1-6H,(H,12,13)/t12-;/m1./s1. The molecule has 0 bridgehead atoms. The van der Waals surface area contributed by atoms with E-state index in [1.165, 1.54) is 19.1 Å². The van der Waals surface area contributed by atoms with Crippen LogP contribution in [0.2, 0.25) is 0 Å². The Labute approximate surface area is 202 Å². The summed E-state index contributed by atoms with van der Waals surface area (Å²) < 4.78 is 9.65. The molecule has 8 nitrogen and oxygen atoms in total. The number of nitrogens with zero attached hydrogens (tertiary/aromatic N) is 3. The smallest absolute Gasteiger partial charge is 0.328 e. The molecule has 2 aromatic heterocycles. The zero-order valence-electron chi connectivity index (χ0n) is 19.9. The Morgan fingerprint density at radius 3 is 2.38 bits per heavy atom. The van der Waals surface area contributed by atoms with Gasteiger partial charge in [-0.2, -0.15) is 0 Å². The number of hydrogen-bond donors (Lipinski definition) is 1. The highest BCUT2D eigenvalue weighted by molar-refractivity contribution is 7.07. The summed E-state index contributed by atoms with van der Waals surface area (Å²) in [6.07, 6.45) is 0. The van der Waals surface area contributed by atoms with E-state index in [-0.39, 0.29) is 12.5 Å². The molecule has 0 spiro atoms. The van der Waals surface area contributed by atoms with Gasteiger partial charge < -0.3 is 14.5 Å². The summed E-state index contributed by atoms with van der Waals surface area (Å²) >= 11 is 1.57. The lowest BCUT2D eigenvalue weighted by Gasteiger charge is -2.30. The van der Waals surface area contributed by atoms with Gasteiger partial charge in [0.05, 0.1) is 29.3 Å². The fourth-order valence-corrected chi connectivity index (χ4v) is 4.13. The lowest BCUT2D eigenvalue weighted by atomic mass is 10.1. The number of H-pyrrole nitrogens is 1. The van der Waals surface area contributed by atoms with Gasteiger partial charge in [0.15, 0.2) is 5.82 Å². The monoisotopic (exact) mass is 480 g/mol. The Hall–Kier alpha value is -3.56. The number of esters is 1. The molecule has 2 heterocycles. The molecule has 1 atom stereocenters. The number of ether oxygens (including phenoxy) is 2. The van der Waals surface area contributed by atoms with Crippen LogP contribution in [-0.4, -0.2) is 53.7 Å². The molecule has 0 aliphatic carbocycles. The van der Waals surface area contributed by atoms with Crippen LogP contribution in [-0.2, 0) is 19.1 Å². The molecule has 0 aliphatic heterocycles. The number of carbonyl (C=O) groups excluding carboxylic acids is 2. The number of benzene rings is 2. The Kier molecular flexibility index (Phi) is 8.50. The predicted molar refractivity (Wildman–Crippen MR) is 134 cm³/mol. The predicted octanol–water partition coefficient (Wildman–Crippen LogP) is 4.53. The number of aromatic nitrogens is 3. The first kappa shape index (κ1) is 25.1. The second kappa shape index (κ2) is 11.5. The zero-order valence-corrected chi connectivity index (χ0v) is 20.7. The molecule has 4 rings (SSSR count). The first-order valence-corrected chi connectivity index (χ1v) is 11.6. The molecule has 0 aliphatic rings. The van der Waals surface area contributed by atoms with E-state index in [0.29, 0.717) is 0 Å². The highest BCUT2D eigenvalue weighted by Crippen LogP contribution is 2.27. The molecule has 34 heavy (non-hydrogen) atoms. The van der Waals surface area contributed by atoms with Crippen molar-refractivity contribution in [3.05, 3.63) is 64.5 Å². The normalized spacial score (nSPS) is 11.4. The maximum atomic E-state index is 12.3. The van der Waals surface area contributed by atoms with E-state index in [4.69, 9.17) is 9.47 Å². The Bertz CT molecular complexity index is 1200. The third-order valence-corrected chi connectivity index (χ3v) is 5.80. The van der Waals surface area contributed by atoms with Crippen molar-refractivity contribution >= 4 is 39.9 Å². The number of aryl methyl sites for hydroxylation is 2. The summed E-state index contributed by atoms with van der Waals surface area (Å²) in [6.45, 7) is 5.36. The van der Waals surface area contributed by atoms with Crippen LogP contribution in [0.5, 0.6) is 0 Å². The van der Waals surface area contributed by atoms with Crippen LogP contribution in [0.15, 0.2) is 53.4 Å². The van der Waals surface area contributed by atoms with Gasteiger partial charge in [0.1, 0.15) is 18.3 Å². The van der Waals surface area contributed by atoms with Gasteiger partial charge in [-0.3, -0.25) is 9.69 Å². The molecule has 1 N–H and O–H groups in total. The van der Waals surface area contributed by atoms with Crippen molar-refractivity contribution in [1.29, 1.82) is 0 Å². The summed E-state index contributed by atoms with van der Waals surface area (Å²) in [6, 6.07) is 13.0. The number of methoxy groups -OCH3 is 2. The van der Waals surface area contributed by atoms with Crippen molar-refractivity contribution in [2.75, 3.05) is 25.7 Å². The minimum Gasteiger partial charge on any atom is -0.467 e. The molecule has 0 radical (unpaired) electrons. The number of carbonyl (C=O) groups is 2. The molecule has 0 saturated heterocycles. The molecule has 9 heteroatoms. The van der Waals surface area contributed by atoms with Gasteiger partial charge in [-0.15, -0.1) is 11.3 Å². The summed E-state index contributed by atoms with van der Waals surface area (Å²) in [5.74, 6) is 0.104. The van der Waals surface area contributed by atoms with E-state index in [0.717, 1.165) is 39.4 Å². The van der Waals surface area contributed by atoms with Crippen molar-refractivity contribution in [1.82, 2.24) is 15.0 Å². The molecule has 0 fully saturated rings. The molecule has 0 saturated carbocycles. The van der Waals surface area contributed by atoms with Crippen LogP contribution in [0.1, 0.15) is 18.1 Å². The van der Waals surface area contributed by atoms with Crippen molar-refractivity contribution in [3.63, 3.8) is 0 Å². The van der Waals surface area contributed by atoms with Crippen molar-refractivity contribution in [3.8, 4) is 11.5 Å². The van der Waals surface area contributed by atoms with Crippen LogP contribution in [0.25, 0.3) is 22.6 Å². The van der Waals surface area contributed by atoms with Gasteiger partial charge >= 0.3 is 5.97 Å². The maximum absolute atomic E-state index is 12.3. The summed E-state index contributed by atoms with van der Waals surface area (Å²) in [5.41, 5.74) is 7.32. The largest absolute Gasteiger partial charge is 0.467 e. The van der Waals surface area contributed by atoms with Gasteiger partial charge in [-0.05, 0) is 44.0 Å². The molecule has 2 aromatic carbocycles.